The zero-order valence-corrected chi connectivity index (χ0v) is 8.59. The quantitative estimate of drug-likeness (QED) is 0.512. The third-order valence-corrected chi connectivity index (χ3v) is 4.22. The van der Waals surface area contributed by atoms with Crippen molar-refractivity contribution >= 4 is 5.97 Å². The van der Waals surface area contributed by atoms with Crippen LogP contribution in [0.3, 0.4) is 0 Å². The van der Waals surface area contributed by atoms with E-state index in [4.69, 9.17) is 4.74 Å². The topological polar surface area (TPSA) is 46.5 Å². The van der Waals surface area contributed by atoms with Crippen molar-refractivity contribution in [2.45, 2.75) is 12.5 Å². The van der Waals surface area contributed by atoms with Crippen LogP contribution in [0.1, 0.15) is 6.42 Å². The summed E-state index contributed by atoms with van der Waals surface area (Å²) < 4.78 is 4.90. The number of allylic oxidation sites excluding steroid dienone is 2. The fourth-order valence-electron chi connectivity index (χ4n) is 3.63. The van der Waals surface area contributed by atoms with Crippen LogP contribution in [0.2, 0.25) is 0 Å². The van der Waals surface area contributed by atoms with Gasteiger partial charge >= 0.3 is 5.97 Å². The summed E-state index contributed by atoms with van der Waals surface area (Å²) in [7, 11) is 1.42. The number of fused-ring (bicyclic) bond motifs is 5. The summed E-state index contributed by atoms with van der Waals surface area (Å²) in [5.74, 6) is 0.351. The Morgan fingerprint density at radius 1 is 1.47 bits per heavy atom. The second-order valence-electron chi connectivity index (χ2n) is 4.69. The number of aliphatic hydroxyl groups is 1. The maximum Gasteiger partial charge on any atom is 0.316 e. The van der Waals surface area contributed by atoms with Crippen LogP contribution in [-0.2, 0) is 9.53 Å². The summed E-state index contributed by atoms with van der Waals surface area (Å²) in [6.45, 7) is 0. The van der Waals surface area contributed by atoms with Crippen LogP contribution in [0.25, 0.3) is 0 Å². The number of aliphatic hydroxyl groups excluding tert-OH is 1. The Hall–Kier alpha value is -1.09. The van der Waals surface area contributed by atoms with E-state index in [0.29, 0.717) is 5.92 Å². The van der Waals surface area contributed by atoms with Gasteiger partial charge in [-0.05, 0) is 18.3 Å². The molecule has 0 aromatic rings. The van der Waals surface area contributed by atoms with E-state index in [1.807, 2.05) is 6.08 Å². The molecule has 0 aromatic heterocycles. The minimum absolute atomic E-state index is 0.0000463. The molecule has 1 saturated carbocycles. The van der Waals surface area contributed by atoms with Gasteiger partial charge in [0.1, 0.15) is 0 Å². The SMILES string of the molecule is COC(=O)[C@@]12C=CC(O)C1[C@@H]1C=C[C@H]2C1. The van der Waals surface area contributed by atoms with E-state index in [0.717, 1.165) is 6.42 Å². The lowest BCUT2D eigenvalue weighted by molar-refractivity contribution is -0.154. The van der Waals surface area contributed by atoms with E-state index in [1.54, 1.807) is 6.08 Å². The van der Waals surface area contributed by atoms with Gasteiger partial charge in [-0.15, -0.1) is 0 Å². The Bertz CT molecular complexity index is 371. The molecule has 3 aliphatic carbocycles. The van der Waals surface area contributed by atoms with Gasteiger partial charge in [-0.3, -0.25) is 4.79 Å². The Balaban J connectivity index is 2.09. The van der Waals surface area contributed by atoms with E-state index < -0.39 is 11.5 Å². The van der Waals surface area contributed by atoms with Crippen molar-refractivity contribution in [3.05, 3.63) is 24.3 Å². The summed E-state index contributed by atoms with van der Waals surface area (Å²) in [4.78, 5) is 11.9. The smallest absolute Gasteiger partial charge is 0.316 e. The molecule has 0 aromatic carbocycles. The number of rotatable bonds is 1. The number of carbonyl (C=O) groups excluding carboxylic acids is 1. The lowest BCUT2D eigenvalue weighted by Gasteiger charge is -2.34. The predicted octanol–water partition coefficient (Wildman–Crippen LogP) is 0.899. The van der Waals surface area contributed by atoms with Crippen molar-refractivity contribution in [3.8, 4) is 0 Å². The van der Waals surface area contributed by atoms with Gasteiger partial charge in [0.05, 0.1) is 18.6 Å². The molecule has 5 atom stereocenters. The molecule has 2 bridgehead atoms. The van der Waals surface area contributed by atoms with Crippen molar-refractivity contribution in [3.63, 3.8) is 0 Å². The molecule has 0 aliphatic heterocycles. The minimum Gasteiger partial charge on any atom is -0.468 e. The molecule has 0 saturated heterocycles. The Morgan fingerprint density at radius 2 is 2.27 bits per heavy atom. The van der Waals surface area contributed by atoms with Crippen molar-refractivity contribution in [1.29, 1.82) is 0 Å². The van der Waals surface area contributed by atoms with Crippen LogP contribution in [0.15, 0.2) is 24.3 Å². The first kappa shape index (κ1) is 9.16. The Kier molecular flexibility index (Phi) is 1.67. The van der Waals surface area contributed by atoms with Gasteiger partial charge in [0.25, 0.3) is 0 Å². The second-order valence-corrected chi connectivity index (χ2v) is 4.69. The van der Waals surface area contributed by atoms with Gasteiger partial charge < -0.3 is 9.84 Å². The van der Waals surface area contributed by atoms with E-state index in [-0.39, 0.29) is 17.8 Å². The molecule has 0 radical (unpaired) electrons. The summed E-state index contributed by atoms with van der Waals surface area (Å²) in [5.41, 5.74) is -0.576. The molecule has 3 rings (SSSR count). The van der Waals surface area contributed by atoms with Crippen molar-refractivity contribution in [1.82, 2.24) is 0 Å². The molecular weight excluding hydrogens is 192 g/mol. The van der Waals surface area contributed by atoms with Crippen molar-refractivity contribution < 1.29 is 14.6 Å². The highest BCUT2D eigenvalue weighted by Crippen LogP contribution is 2.61. The highest BCUT2D eigenvalue weighted by atomic mass is 16.5. The lowest BCUT2D eigenvalue weighted by Crippen LogP contribution is -2.42. The predicted molar refractivity (Wildman–Crippen MR) is 53.8 cm³/mol. The zero-order chi connectivity index (χ0) is 10.6. The average Bonchev–Trinajstić information content (AvgIpc) is 2.89. The van der Waals surface area contributed by atoms with Crippen LogP contribution >= 0.6 is 0 Å². The van der Waals surface area contributed by atoms with Crippen LogP contribution in [-0.4, -0.2) is 24.3 Å². The van der Waals surface area contributed by atoms with Gasteiger partial charge in [0.2, 0.25) is 0 Å². The molecule has 0 amide bonds. The first-order chi connectivity index (χ1) is 7.20. The van der Waals surface area contributed by atoms with E-state index in [2.05, 4.69) is 12.2 Å². The largest absolute Gasteiger partial charge is 0.468 e. The number of ether oxygens (including phenoxy) is 1. The Labute approximate surface area is 88.4 Å². The fraction of sp³-hybridized carbons (Fsp3) is 0.583. The van der Waals surface area contributed by atoms with Gasteiger partial charge in [-0.25, -0.2) is 0 Å². The van der Waals surface area contributed by atoms with Crippen LogP contribution in [0, 0.1) is 23.2 Å². The molecule has 15 heavy (non-hydrogen) atoms. The molecule has 3 nitrogen and oxygen atoms in total. The minimum atomic E-state index is -0.576. The van der Waals surface area contributed by atoms with Crippen molar-refractivity contribution in [2.24, 2.45) is 23.2 Å². The molecular formula is C12H14O3. The van der Waals surface area contributed by atoms with Crippen LogP contribution in [0.5, 0.6) is 0 Å². The zero-order valence-electron chi connectivity index (χ0n) is 8.59. The Morgan fingerprint density at radius 3 is 3.00 bits per heavy atom. The maximum absolute atomic E-state index is 11.9. The van der Waals surface area contributed by atoms with Gasteiger partial charge in [0.15, 0.2) is 0 Å². The van der Waals surface area contributed by atoms with Gasteiger partial charge in [-0.1, -0.05) is 24.3 Å². The number of methoxy groups -OCH3 is 1. The summed E-state index contributed by atoms with van der Waals surface area (Å²) in [6.07, 6.45) is 8.31. The molecule has 1 N–H and O–H groups in total. The van der Waals surface area contributed by atoms with Crippen LogP contribution in [0.4, 0.5) is 0 Å². The number of hydrogen-bond donors (Lipinski definition) is 1. The molecule has 3 heteroatoms. The molecule has 0 spiro atoms. The average molecular weight is 206 g/mol. The molecule has 80 valence electrons. The monoisotopic (exact) mass is 206 g/mol. The first-order valence-corrected chi connectivity index (χ1v) is 5.34. The molecule has 0 heterocycles. The highest BCUT2D eigenvalue weighted by Gasteiger charge is 2.63. The lowest BCUT2D eigenvalue weighted by atomic mass is 9.70. The fourth-order valence-corrected chi connectivity index (χ4v) is 3.63. The van der Waals surface area contributed by atoms with Crippen molar-refractivity contribution in [2.75, 3.05) is 7.11 Å². The number of hydrogen-bond acceptors (Lipinski definition) is 3. The summed E-state index contributed by atoms with van der Waals surface area (Å²) >= 11 is 0. The second kappa shape index (κ2) is 2.73. The maximum atomic E-state index is 11.9. The highest BCUT2D eigenvalue weighted by molar-refractivity contribution is 5.82. The summed E-state index contributed by atoms with van der Waals surface area (Å²) in [5, 5.41) is 9.90. The normalized spacial score (nSPS) is 49.7. The van der Waals surface area contributed by atoms with E-state index in [9.17, 15) is 9.90 Å². The molecule has 1 fully saturated rings. The van der Waals surface area contributed by atoms with E-state index in [1.165, 1.54) is 7.11 Å². The number of carbonyl (C=O) groups is 1. The first-order valence-electron chi connectivity index (χ1n) is 5.34. The molecule has 2 unspecified atom stereocenters. The van der Waals surface area contributed by atoms with E-state index >= 15 is 0 Å². The molecule has 3 aliphatic rings. The standard InChI is InChI=1S/C12H14O3/c1-15-11(14)12-5-4-9(13)10(12)7-2-3-8(12)6-7/h2-5,7-10,13H,6H2,1H3/t7-,8+,9?,10?,12-/m1/s1. The van der Waals surface area contributed by atoms with Gasteiger partial charge in [0, 0.05) is 5.92 Å². The third kappa shape index (κ3) is 0.875. The van der Waals surface area contributed by atoms with Crippen LogP contribution < -0.4 is 0 Å². The van der Waals surface area contributed by atoms with Gasteiger partial charge in [-0.2, -0.15) is 0 Å². The number of esters is 1. The summed E-state index contributed by atoms with van der Waals surface area (Å²) in [6, 6.07) is 0. The third-order valence-electron chi connectivity index (χ3n) is 4.22.